The van der Waals surface area contributed by atoms with Crippen molar-refractivity contribution < 1.29 is 14.4 Å². The average molecular weight is 562 g/mol. The molecule has 3 aliphatic rings. The predicted octanol–water partition coefficient (Wildman–Crippen LogP) is 5.55. The van der Waals surface area contributed by atoms with E-state index in [1.165, 1.54) is 4.90 Å². The topological polar surface area (TPSA) is 69.7 Å². The van der Waals surface area contributed by atoms with Crippen LogP contribution in [-0.2, 0) is 33.0 Å². The molecule has 6 nitrogen and oxygen atoms in total. The molecule has 3 aromatic carbocycles. The molecule has 4 atom stereocenters. The van der Waals surface area contributed by atoms with E-state index in [1.807, 2.05) is 60.7 Å². The quantitative estimate of drug-likeness (QED) is 0.400. The molecule has 0 bridgehead atoms. The predicted molar refractivity (Wildman–Crippen MR) is 151 cm³/mol. The molecule has 3 aromatic rings. The standard InChI is InChI=1S/C31H29Cl2N3O3/c1-18(2)14-24-26-27(29(38)36(28(26)37)16-19-8-4-3-5-9-19)31(34-24)21-10-6-7-11-25(21)35(30(31)39)17-20-12-13-22(32)23(33)15-20/h3-13,15,18,24,26-27,34H,14,16-17H2,1-2H3/t24-,26-,27+,31+/m1/s1. The molecule has 0 aromatic heterocycles. The number of halogens is 2. The van der Waals surface area contributed by atoms with Gasteiger partial charge in [-0.2, -0.15) is 0 Å². The van der Waals surface area contributed by atoms with Crippen LogP contribution < -0.4 is 10.2 Å². The summed E-state index contributed by atoms with van der Waals surface area (Å²) in [5, 5.41) is 4.43. The second kappa shape index (κ2) is 9.77. The Balaban J connectivity index is 1.44. The maximum Gasteiger partial charge on any atom is 0.253 e. The molecular weight excluding hydrogens is 533 g/mol. The van der Waals surface area contributed by atoms with Gasteiger partial charge in [0, 0.05) is 17.3 Å². The van der Waals surface area contributed by atoms with Crippen molar-refractivity contribution in [2.75, 3.05) is 4.90 Å². The fraction of sp³-hybridized carbons (Fsp3) is 0.323. The number of imide groups is 1. The van der Waals surface area contributed by atoms with Gasteiger partial charge in [-0.15, -0.1) is 0 Å². The molecule has 200 valence electrons. The highest BCUT2D eigenvalue weighted by molar-refractivity contribution is 6.42. The second-order valence-corrected chi connectivity index (χ2v) is 11.9. The molecule has 0 unspecified atom stereocenters. The van der Waals surface area contributed by atoms with E-state index < -0.39 is 17.4 Å². The van der Waals surface area contributed by atoms with E-state index in [1.54, 1.807) is 17.0 Å². The van der Waals surface area contributed by atoms with E-state index in [9.17, 15) is 14.4 Å². The first-order valence-electron chi connectivity index (χ1n) is 13.2. The number of carbonyl (C=O) groups excluding carboxylic acids is 3. The number of benzene rings is 3. The number of nitrogens with one attached hydrogen (secondary N) is 1. The number of amides is 3. The lowest BCUT2D eigenvalue weighted by Crippen LogP contribution is -2.55. The van der Waals surface area contributed by atoms with Crippen LogP contribution in [0.3, 0.4) is 0 Å². The highest BCUT2D eigenvalue weighted by Crippen LogP contribution is 2.55. The summed E-state index contributed by atoms with van der Waals surface area (Å²) in [6.45, 7) is 4.63. The van der Waals surface area contributed by atoms with Gasteiger partial charge in [0.25, 0.3) is 5.91 Å². The molecule has 6 rings (SSSR count). The van der Waals surface area contributed by atoms with E-state index in [2.05, 4.69) is 19.2 Å². The fourth-order valence-corrected chi connectivity index (χ4v) is 6.94. The van der Waals surface area contributed by atoms with Crippen molar-refractivity contribution in [1.82, 2.24) is 10.2 Å². The Morgan fingerprint density at radius 3 is 2.23 bits per heavy atom. The average Bonchev–Trinajstić information content (AvgIpc) is 3.46. The van der Waals surface area contributed by atoms with E-state index >= 15 is 0 Å². The third kappa shape index (κ3) is 4.08. The molecule has 2 saturated heterocycles. The van der Waals surface area contributed by atoms with Crippen LogP contribution in [0.25, 0.3) is 0 Å². The van der Waals surface area contributed by atoms with Crippen molar-refractivity contribution in [1.29, 1.82) is 0 Å². The van der Waals surface area contributed by atoms with Crippen molar-refractivity contribution in [2.45, 2.75) is 44.9 Å². The van der Waals surface area contributed by atoms with Gasteiger partial charge >= 0.3 is 0 Å². The Labute approximate surface area is 237 Å². The highest BCUT2D eigenvalue weighted by atomic mass is 35.5. The number of carbonyl (C=O) groups is 3. The van der Waals surface area contributed by atoms with Crippen LogP contribution >= 0.6 is 23.2 Å². The number of hydrogen-bond donors (Lipinski definition) is 1. The van der Waals surface area contributed by atoms with Crippen molar-refractivity contribution in [2.24, 2.45) is 17.8 Å². The molecule has 3 heterocycles. The summed E-state index contributed by atoms with van der Waals surface area (Å²) < 4.78 is 0. The lowest BCUT2D eigenvalue weighted by molar-refractivity contribution is -0.143. The number of anilines is 1. The zero-order valence-electron chi connectivity index (χ0n) is 21.7. The lowest BCUT2D eigenvalue weighted by atomic mass is 9.76. The third-order valence-corrected chi connectivity index (χ3v) is 8.93. The number of para-hydroxylation sites is 1. The monoisotopic (exact) mass is 561 g/mol. The second-order valence-electron chi connectivity index (χ2n) is 11.1. The van der Waals surface area contributed by atoms with Gasteiger partial charge in [0.05, 0.1) is 35.0 Å². The molecule has 1 N–H and O–H groups in total. The van der Waals surface area contributed by atoms with E-state index in [0.29, 0.717) is 16.5 Å². The van der Waals surface area contributed by atoms with Crippen molar-refractivity contribution in [3.63, 3.8) is 0 Å². The molecule has 0 aliphatic carbocycles. The molecule has 2 fully saturated rings. The van der Waals surface area contributed by atoms with Crippen LogP contribution in [0.4, 0.5) is 5.69 Å². The maximum atomic E-state index is 14.6. The number of likely N-dealkylation sites (tertiary alicyclic amines) is 1. The van der Waals surface area contributed by atoms with Crippen molar-refractivity contribution in [3.8, 4) is 0 Å². The summed E-state index contributed by atoms with van der Waals surface area (Å²) in [5.74, 6) is -1.91. The van der Waals surface area contributed by atoms with Gasteiger partial charge in [-0.3, -0.25) is 24.6 Å². The smallest absolute Gasteiger partial charge is 0.253 e. The largest absolute Gasteiger partial charge is 0.306 e. The fourth-order valence-electron chi connectivity index (χ4n) is 6.62. The Morgan fingerprint density at radius 2 is 1.51 bits per heavy atom. The summed E-state index contributed by atoms with van der Waals surface area (Å²) in [5.41, 5.74) is 1.83. The molecule has 39 heavy (non-hydrogen) atoms. The third-order valence-electron chi connectivity index (χ3n) is 8.19. The number of nitrogens with zero attached hydrogens (tertiary/aromatic N) is 2. The minimum atomic E-state index is -1.32. The van der Waals surface area contributed by atoms with Gasteiger partial charge in [-0.1, -0.05) is 91.6 Å². The Kier molecular flexibility index (Phi) is 6.53. The zero-order chi connectivity index (χ0) is 27.5. The van der Waals surface area contributed by atoms with E-state index in [4.69, 9.17) is 23.2 Å². The van der Waals surface area contributed by atoms with Gasteiger partial charge in [-0.25, -0.2) is 0 Å². The summed E-state index contributed by atoms with van der Waals surface area (Å²) >= 11 is 12.4. The molecule has 0 saturated carbocycles. The molecule has 8 heteroatoms. The van der Waals surface area contributed by atoms with Crippen LogP contribution in [0.2, 0.25) is 10.0 Å². The molecule has 3 amide bonds. The minimum Gasteiger partial charge on any atom is -0.306 e. The van der Waals surface area contributed by atoms with Crippen LogP contribution in [-0.4, -0.2) is 28.7 Å². The Bertz CT molecular complexity index is 1480. The normalized spacial score (nSPS) is 25.8. The number of fused-ring (bicyclic) bond motifs is 4. The van der Waals surface area contributed by atoms with Gasteiger partial charge < -0.3 is 4.90 Å². The van der Waals surface area contributed by atoms with E-state index in [-0.39, 0.29) is 42.8 Å². The van der Waals surface area contributed by atoms with Gasteiger partial charge in [0.1, 0.15) is 5.54 Å². The van der Waals surface area contributed by atoms with Gasteiger partial charge in [0.15, 0.2) is 0 Å². The molecular formula is C31H29Cl2N3O3. The highest BCUT2D eigenvalue weighted by Gasteiger charge is 2.71. The Hall–Kier alpha value is -3.19. The lowest BCUT2D eigenvalue weighted by Gasteiger charge is -2.31. The molecule has 3 aliphatic heterocycles. The van der Waals surface area contributed by atoms with Crippen LogP contribution in [0.5, 0.6) is 0 Å². The van der Waals surface area contributed by atoms with Crippen molar-refractivity contribution >= 4 is 46.6 Å². The Morgan fingerprint density at radius 1 is 0.821 bits per heavy atom. The summed E-state index contributed by atoms with van der Waals surface area (Å²) in [4.78, 5) is 45.7. The molecule has 1 spiro atoms. The van der Waals surface area contributed by atoms with E-state index in [0.717, 1.165) is 22.4 Å². The van der Waals surface area contributed by atoms with Crippen LogP contribution in [0.15, 0.2) is 72.8 Å². The first-order chi connectivity index (χ1) is 18.7. The summed E-state index contributed by atoms with van der Waals surface area (Å²) in [7, 11) is 0. The number of rotatable bonds is 6. The molecule has 0 radical (unpaired) electrons. The minimum absolute atomic E-state index is 0.193. The summed E-state index contributed by atoms with van der Waals surface area (Å²) in [6.07, 6.45) is 0.670. The summed E-state index contributed by atoms with van der Waals surface area (Å²) in [6, 6.07) is 22.1. The number of hydrogen-bond acceptors (Lipinski definition) is 4. The SMILES string of the molecule is CC(C)C[C@H]1N[C@]2(C(=O)N(Cc3ccc(Cl)c(Cl)c3)c3ccccc32)[C@@H]2C(=O)N(Cc3ccccc3)C(=O)[C@@H]21. The first-order valence-corrected chi connectivity index (χ1v) is 14.0. The zero-order valence-corrected chi connectivity index (χ0v) is 23.2. The maximum absolute atomic E-state index is 14.6. The van der Waals surface area contributed by atoms with Gasteiger partial charge in [-0.05, 0) is 41.7 Å². The van der Waals surface area contributed by atoms with Crippen LogP contribution in [0, 0.1) is 17.8 Å². The van der Waals surface area contributed by atoms with Gasteiger partial charge in [0.2, 0.25) is 11.8 Å². The van der Waals surface area contributed by atoms with Crippen molar-refractivity contribution in [3.05, 3.63) is 99.5 Å². The van der Waals surface area contributed by atoms with Crippen LogP contribution in [0.1, 0.15) is 37.0 Å². The first kappa shape index (κ1) is 26.1.